The third kappa shape index (κ3) is 6.13. The first kappa shape index (κ1) is 18.0. The van der Waals surface area contributed by atoms with E-state index < -0.39 is 0 Å². The van der Waals surface area contributed by atoms with Crippen molar-refractivity contribution in [3.63, 3.8) is 0 Å². The first-order valence-corrected chi connectivity index (χ1v) is 9.13. The Labute approximate surface area is 127 Å². The van der Waals surface area contributed by atoms with E-state index in [1.54, 1.807) is 0 Å². The molecule has 1 aliphatic carbocycles. The topological polar surface area (TPSA) is 15.3 Å². The predicted molar refractivity (Wildman–Crippen MR) is 90.3 cm³/mol. The molecule has 20 heavy (non-hydrogen) atoms. The van der Waals surface area contributed by atoms with Crippen LogP contribution in [0.15, 0.2) is 0 Å². The van der Waals surface area contributed by atoms with Gasteiger partial charge in [0.05, 0.1) is 0 Å². The molecule has 1 rings (SSSR count). The maximum Gasteiger partial charge on any atom is 0.0251 e. The summed E-state index contributed by atoms with van der Waals surface area (Å²) < 4.78 is 0. The number of rotatable bonds is 4. The van der Waals surface area contributed by atoms with Crippen LogP contribution in [0.3, 0.4) is 0 Å². The largest absolute Gasteiger partial charge is 0.315 e. The lowest BCUT2D eigenvalue weighted by Crippen LogP contribution is -2.51. The molecule has 2 nitrogen and oxygen atoms in total. The number of nitrogens with zero attached hydrogens (tertiary/aromatic N) is 1. The van der Waals surface area contributed by atoms with Gasteiger partial charge in [-0.2, -0.15) is 0 Å². The maximum atomic E-state index is 3.63. The quantitative estimate of drug-likeness (QED) is 0.811. The van der Waals surface area contributed by atoms with E-state index in [0.717, 1.165) is 6.04 Å². The van der Waals surface area contributed by atoms with Crippen molar-refractivity contribution in [3.05, 3.63) is 0 Å². The van der Waals surface area contributed by atoms with Gasteiger partial charge in [-0.25, -0.2) is 0 Å². The van der Waals surface area contributed by atoms with Crippen LogP contribution in [0.5, 0.6) is 0 Å². The number of hydrogen-bond acceptors (Lipinski definition) is 2. The fourth-order valence-electron chi connectivity index (χ4n) is 3.89. The molecule has 0 aromatic rings. The molecule has 0 radical (unpaired) electrons. The summed E-state index contributed by atoms with van der Waals surface area (Å²) in [6, 6.07) is 2.06. The zero-order chi connectivity index (χ0) is 14.8. The molecule has 1 aliphatic rings. The predicted octanol–water partition coefficient (Wildman–Crippen LogP) is 4.59. The summed E-state index contributed by atoms with van der Waals surface area (Å²) in [6.07, 6.45) is 14.2. The molecule has 1 fully saturated rings. The number of hydrogen-bond donors (Lipinski definition) is 1. The Hall–Kier alpha value is -0.0800. The summed E-state index contributed by atoms with van der Waals surface area (Å²) in [5.41, 5.74) is 0. The van der Waals surface area contributed by atoms with E-state index in [9.17, 15) is 0 Å². The van der Waals surface area contributed by atoms with E-state index >= 15 is 0 Å². The van der Waals surface area contributed by atoms with E-state index in [2.05, 4.69) is 38.0 Å². The van der Waals surface area contributed by atoms with Gasteiger partial charge in [0, 0.05) is 18.1 Å². The fraction of sp³-hybridized carbons (Fsp3) is 1.00. The lowest BCUT2D eigenvalue weighted by molar-refractivity contribution is 0.114. The van der Waals surface area contributed by atoms with E-state index in [-0.39, 0.29) is 0 Å². The molecule has 1 N–H and O–H groups in total. The monoisotopic (exact) mass is 282 g/mol. The zero-order valence-corrected chi connectivity index (χ0v) is 14.5. The van der Waals surface area contributed by atoms with Crippen LogP contribution in [0.4, 0.5) is 0 Å². The molecular weight excluding hydrogens is 244 g/mol. The van der Waals surface area contributed by atoms with E-state index in [1.165, 1.54) is 70.8 Å². The molecule has 0 amide bonds. The van der Waals surface area contributed by atoms with Crippen molar-refractivity contribution in [1.29, 1.82) is 0 Å². The Bertz CT molecular complexity index is 227. The highest BCUT2D eigenvalue weighted by molar-refractivity contribution is 4.85. The van der Waals surface area contributed by atoms with Gasteiger partial charge >= 0.3 is 0 Å². The zero-order valence-electron chi connectivity index (χ0n) is 14.5. The Morgan fingerprint density at radius 1 is 0.900 bits per heavy atom. The Morgan fingerprint density at radius 3 is 1.85 bits per heavy atom. The second-order valence-corrected chi connectivity index (χ2v) is 6.79. The van der Waals surface area contributed by atoms with Crippen LogP contribution in [0.1, 0.15) is 85.0 Å². The SMILES string of the molecule is CCN(C(C)C)C1CCCCCCCCCCC1NC. The molecule has 0 spiro atoms. The minimum atomic E-state index is 0.661. The maximum absolute atomic E-state index is 3.63. The molecule has 0 aromatic carbocycles. The summed E-state index contributed by atoms with van der Waals surface area (Å²) in [4.78, 5) is 2.72. The van der Waals surface area contributed by atoms with Crippen molar-refractivity contribution in [2.45, 2.75) is 103 Å². The summed E-state index contributed by atoms with van der Waals surface area (Å²) in [6.45, 7) is 8.21. The van der Waals surface area contributed by atoms with Crippen molar-refractivity contribution >= 4 is 0 Å². The lowest BCUT2D eigenvalue weighted by atomic mass is 9.92. The highest BCUT2D eigenvalue weighted by atomic mass is 15.2. The Morgan fingerprint density at radius 2 is 1.40 bits per heavy atom. The van der Waals surface area contributed by atoms with Crippen LogP contribution >= 0.6 is 0 Å². The van der Waals surface area contributed by atoms with Gasteiger partial charge in [0.2, 0.25) is 0 Å². The van der Waals surface area contributed by atoms with E-state index in [4.69, 9.17) is 0 Å². The minimum Gasteiger partial charge on any atom is -0.315 e. The van der Waals surface area contributed by atoms with Gasteiger partial charge in [0.1, 0.15) is 0 Å². The van der Waals surface area contributed by atoms with Gasteiger partial charge in [0.25, 0.3) is 0 Å². The smallest absolute Gasteiger partial charge is 0.0251 e. The summed E-state index contributed by atoms with van der Waals surface area (Å²) in [5.74, 6) is 0. The fourth-order valence-corrected chi connectivity index (χ4v) is 3.89. The third-order valence-electron chi connectivity index (χ3n) is 5.05. The highest BCUT2D eigenvalue weighted by Gasteiger charge is 2.26. The van der Waals surface area contributed by atoms with Gasteiger partial charge < -0.3 is 5.32 Å². The summed E-state index contributed by atoms with van der Waals surface area (Å²) in [7, 11) is 2.16. The van der Waals surface area contributed by atoms with Gasteiger partial charge in [-0.15, -0.1) is 0 Å². The third-order valence-corrected chi connectivity index (χ3v) is 5.05. The minimum absolute atomic E-state index is 0.661. The molecule has 2 atom stereocenters. The molecule has 0 aliphatic heterocycles. The lowest BCUT2D eigenvalue weighted by Gasteiger charge is -2.39. The van der Waals surface area contributed by atoms with Crippen LogP contribution in [0.2, 0.25) is 0 Å². The van der Waals surface area contributed by atoms with Crippen LogP contribution in [-0.4, -0.2) is 36.6 Å². The summed E-state index contributed by atoms with van der Waals surface area (Å²) >= 11 is 0. The van der Waals surface area contributed by atoms with Crippen molar-refractivity contribution in [2.75, 3.05) is 13.6 Å². The molecule has 0 heterocycles. The van der Waals surface area contributed by atoms with Crippen molar-refractivity contribution in [3.8, 4) is 0 Å². The second-order valence-electron chi connectivity index (χ2n) is 6.79. The van der Waals surface area contributed by atoms with Crippen molar-refractivity contribution in [2.24, 2.45) is 0 Å². The average Bonchev–Trinajstić information content (AvgIpc) is 2.42. The Balaban J connectivity index is 2.68. The van der Waals surface area contributed by atoms with Crippen LogP contribution in [-0.2, 0) is 0 Å². The van der Waals surface area contributed by atoms with Crippen molar-refractivity contribution < 1.29 is 0 Å². The van der Waals surface area contributed by atoms with Gasteiger partial charge in [-0.1, -0.05) is 58.3 Å². The first-order valence-electron chi connectivity index (χ1n) is 9.13. The van der Waals surface area contributed by atoms with Gasteiger partial charge in [-0.05, 0) is 40.3 Å². The second kappa shape index (κ2) is 10.6. The number of nitrogens with one attached hydrogen (secondary N) is 1. The standard InChI is InChI=1S/C18H38N2/c1-5-20(16(2)3)18-15-13-11-9-7-6-8-10-12-14-17(18)19-4/h16-19H,5-15H2,1-4H3. The molecule has 0 aromatic heterocycles. The average molecular weight is 283 g/mol. The van der Waals surface area contributed by atoms with Gasteiger partial charge in [-0.3, -0.25) is 4.90 Å². The van der Waals surface area contributed by atoms with Crippen molar-refractivity contribution in [1.82, 2.24) is 10.2 Å². The molecule has 120 valence electrons. The molecule has 2 heteroatoms. The molecule has 0 bridgehead atoms. The Kier molecular flexibility index (Phi) is 9.54. The van der Waals surface area contributed by atoms with E-state index in [0.29, 0.717) is 12.1 Å². The highest BCUT2D eigenvalue weighted by Crippen LogP contribution is 2.22. The van der Waals surface area contributed by atoms with Gasteiger partial charge in [0.15, 0.2) is 0 Å². The van der Waals surface area contributed by atoms with Crippen LogP contribution in [0, 0.1) is 0 Å². The summed E-state index contributed by atoms with van der Waals surface area (Å²) in [5, 5.41) is 3.63. The molecule has 1 saturated carbocycles. The van der Waals surface area contributed by atoms with E-state index in [1.807, 2.05) is 0 Å². The first-order chi connectivity index (χ1) is 9.70. The normalized spacial score (nSPS) is 27.3. The van der Waals surface area contributed by atoms with Crippen LogP contribution < -0.4 is 5.32 Å². The van der Waals surface area contributed by atoms with Crippen LogP contribution in [0.25, 0.3) is 0 Å². The number of likely N-dealkylation sites (N-methyl/N-ethyl adjacent to an activating group) is 2. The molecular formula is C18H38N2. The molecule has 0 saturated heterocycles. The molecule has 2 unspecified atom stereocenters.